The van der Waals surface area contributed by atoms with Crippen molar-refractivity contribution >= 4 is 40.0 Å². The second kappa shape index (κ2) is 7.04. The fraction of sp³-hybridized carbons (Fsp3) is 0.467. The van der Waals surface area contributed by atoms with Gasteiger partial charge in [0.2, 0.25) is 0 Å². The van der Waals surface area contributed by atoms with E-state index in [4.69, 9.17) is 15.2 Å². The number of nitrogen functional groups attached to an aromatic ring is 1. The number of esters is 2. The van der Waals surface area contributed by atoms with E-state index in [1.165, 1.54) is 26.0 Å². The number of hydrogen-bond donors (Lipinski definition) is 1. The predicted molar refractivity (Wildman–Crippen MR) is 93.9 cm³/mol. The first kappa shape index (κ1) is 17.7. The average Bonchev–Trinajstić information content (AvgIpc) is 3.31. The molecule has 0 aliphatic heterocycles. The molecule has 134 valence electrons. The third kappa shape index (κ3) is 3.36. The van der Waals surface area contributed by atoms with Crippen molar-refractivity contribution in [1.29, 1.82) is 0 Å². The highest BCUT2D eigenvalue weighted by molar-refractivity contribution is 7.98. The van der Waals surface area contributed by atoms with Crippen molar-refractivity contribution in [2.24, 2.45) is 7.05 Å². The van der Waals surface area contributed by atoms with Gasteiger partial charge in [-0.1, -0.05) is 11.8 Å². The minimum Gasteiger partial charge on any atom is -0.465 e. The Hall–Kier alpha value is -2.07. The molecule has 0 amide bonds. The number of nitrogens with two attached hydrogens (primary N) is 1. The van der Waals surface area contributed by atoms with Crippen LogP contribution >= 0.6 is 23.1 Å². The third-order valence-electron chi connectivity index (χ3n) is 3.95. The number of aromatic nitrogens is 3. The van der Waals surface area contributed by atoms with Gasteiger partial charge in [-0.3, -0.25) is 0 Å². The number of thiophene rings is 1. The van der Waals surface area contributed by atoms with Crippen LogP contribution in [-0.4, -0.2) is 40.9 Å². The summed E-state index contributed by atoms with van der Waals surface area (Å²) in [6, 6.07) is 0. The number of carbonyl (C=O) groups excluding carboxylic acids is 2. The van der Waals surface area contributed by atoms with E-state index in [2.05, 4.69) is 10.2 Å². The summed E-state index contributed by atoms with van der Waals surface area (Å²) in [5.41, 5.74) is 6.64. The molecule has 0 aromatic carbocycles. The maximum Gasteiger partial charge on any atom is 0.348 e. The molecule has 2 aromatic rings. The number of carbonyl (C=O) groups is 2. The van der Waals surface area contributed by atoms with Crippen molar-refractivity contribution < 1.29 is 19.1 Å². The Kier molecular flexibility index (Phi) is 5.00. The number of anilines is 1. The van der Waals surface area contributed by atoms with Crippen LogP contribution in [0.1, 0.15) is 50.2 Å². The van der Waals surface area contributed by atoms with Crippen LogP contribution in [0.3, 0.4) is 0 Å². The van der Waals surface area contributed by atoms with Gasteiger partial charge in [-0.25, -0.2) is 9.59 Å². The van der Waals surface area contributed by atoms with Gasteiger partial charge in [-0.15, -0.1) is 21.5 Å². The van der Waals surface area contributed by atoms with Gasteiger partial charge >= 0.3 is 11.9 Å². The van der Waals surface area contributed by atoms with Gasteiger partial charge in [0.05, 0.1) is 19.8 Å². The largest absolute Gasteiger partial charge is 0.465 e. The number of thioether (sulfide) groups is 1. The highest BCUT2D eigenvalue weighted by atomic mass is 32.2. The van der Waals surface area contributed by atoms with Crippen LogP contribution in [0.5, 0.6) is 0 Å². The normalized spacial score (nSPS) is 13.7. The molecular weight excluding hydrogens is 364 g/mol. The monoisotopic (exact) mass is 382 g/mol. The van der Waals surface area contributed by atoms with Crippen molar-refractivity contribution in [3.8, 4) is 0 Å². The molecule has 1 aliphatic carbocycles. The van der Waals surface area contributed by atoms with Crippen LogP contribution in [0.25, 0.3) is 0 Å². The van der Waals surface area contributed by atoms with Crippen LogP contribution in [0.2, 0.25) is 0 Å². The van der Waals surface area contributed by atoms with E-state index in [0.29, 0.717) is 22.1 Å². The molecule has 2 aromatic heterocycles. The Morgan fingerprint density at radius 1 is 1.28 bits per heavy atom. The van der Waals surface area contributed by atoms with E-state index in [1.807, 2.05) is 11.6 Å². The minimum absolute atomic E-state index is 0.213. The molecule has 1 saturated carbocycles. The fourth-order valence-corrected chi connectivity index (χ4v) is 4.52. The maximum absolute atomic E-state index is 12.1. The number of methoxy groups -OCH3 is 2. The van der Waals surface area contributed by atoms with Crippen LogP contribution in [0.15, 0.2) is 5.16 Å². The van der Waals surface area contributed by atoms with Crippen LogP contribution < -0.4 is 5.73 Å². The summed E-state index contributed by atoms with van der Waals surface area (Å²) in [5, 5.41) is 9.39. The molecule has 0 saturated heterocycles. The quantitative estimate of drug-likeness (QED) is 0.598. The summed E-state index contributed by atoms with van der Waals surface area (Å²) in [5.74, 6) is 0.683. The summed E-state index contributed by atoms with van der Waals surface area (Å²) in [6.07, 6.45) is 2.27. The lowest BCUT2D eigenvalue weighted by molar-refractivity contribution is 0.0601. The minimum atomic E-state index is -0.573. The SMILES string of the molecule is COC(=O)c1sc(N)c(C(=O)OC)c1CSc1nnc(C2CC2)n1C. The molecule has 0 radical (unpaired) electrons. The second-order valence-corrected chi connectivity index (χ2v) is 7.59. The molecule has 1 fully saturated rings. The molecule has 0 spiro atoms. The van der Waals surface area contributed by atoms with Gasteiger partial charge in [0.1, 0.15) is 15.7 Å². The van der Waals surface area contributed by atoms with Gasteiger partial charge in [0.15, 0.2) is 5.16 Å². The molecule has 2 heterocycles. The van der Waals surface area contributed by atoms with Gasteiger partial charge in [0.25, 0.3) is 0 Å². The first-order valence-electron chi connectivity index (χ1n) is 7.57. The van der Waals surface area contributed by atoms with Gasteiger partial charge in [-0.05, 0) is 12.8 Å². The molecule has 0 bridgehead atoms. The zero-order valence-corrected chi connectivity index (χ0v) is 15.7. The van der Waals surface area contributed by atoms with E-state index < -0.39 is 11.9 Å². The third-order valence-corrected chi connectivity index (χ3v) is 6.04. The van der Waals surface area contributed by atoms with Crippen molar-refractivity contribution in [3.63, 3.8) is 0 Å². The standard InChI is InChI=1S/C15H18N4O4S2/c1-19-12(7-4-5-7)17-18-15(19)24-6-8-9(13(20)22-2)11(16)25-10(8)14(21)23-3/h7H,4-6,16H2,1-3H3. The molecule has 3 rings (SSSR count). The highest BCUT2D eigenvalue weighted by Gasteiger charge is 2.30. The fourth-order valence-electron chi connectivity index (χ4n) is 2.49. The number of rotatable bonds is 6. The summed E-state index contributed by atoms with van der Waals surface area (Å²) < 4.78 is 11.5. The smallest absolute Gasteiger partial charge is 0.348 e. The number of hydrogen-bond acceptors (Lipinski definition) is 9. The summed E-state index contributed by atoms with van der Waals surface area (Å²) in [7, 11) is 4.48. The summed E-state index contributed by atoms with van der Waals surface area (Å²) in [4.78, 5) is 24.4. The lowest BCUT2D eigenvalue weighted by Gasteiger charge is -2.06. The summed E-state index contributed by atoms with van der Waals surface area (Å²) in [6.45, 7) is 0. The molecule has 25 heavy (non-hydrogen) atoms. The Labute approximate surface area is 152 Å². The topological polar surface area (TPSA) is 109 Å². The Balaban J connectivity index is 1.89. The predicted octanol–water partition coefficient (Wildman–Crippen LogP) is 2.20. The average molecular weight is 382 g/mol. The van der Waals surface area contributed by atoms with E-state index in [0.717, 1.165) is 35.2 Å². The lowest BCUT2D eigenvalue weighted by atomic mass is 10.1. The van der Waals surface area contributed by atoms with Crippen molar-refractivity contribution in [3.05, 3.63) is 21.8 Å². The van der Waals surface area contributed by atoms with Gasteiger partial charge in [-0.2, -0.15) is 0 Å². The first-order chi connectivity index (χ1) is 12.0. The van der Waals surface area contributed by atoms with Crippen LogP contribution in [0, 0.1) is 0 Å². The van der Waals surface area contributed by atoms with Gasteiger partial charge < -0.3 is 19.8 Å². The van der Waals surface area contributed by atoms with Crippen molar-refractivity contribution in [2.75, 3.05) is 20.0 Å². The molecular formula is C15H18N4O4S2. The lowest BCUT2D eigenvalue weighted by Crippen LogP contribution is -2.09. The maximum atomic E-state index is 12.1. The van der Waals surface area contributed by atoms with E-state index in [1.54, 1.807) is 0 Å². The second-order valence-electron chi connectivity index (χ2n) is 5.59. The number of ether oxygens (including phenoxy) is 2. The van der Waals surface area contributed by atoms with Crippen molar-refractivity contribution in [2.45, 2.75) is 29.7 Å². The molecule has 10 heteroatoms. The number of nitrogens with zero attached hydrogens (tertiary/aromatic N) is 3. The van der Waals surface area contributed by atoms with Crippen LogP contribution in [-0.2, 0) is 22.3 Å². The Morgan fingerprint density at radius 2 is 1.96 bits per heavy atom. The van der Waals surface area contributed by atoms with E-state index in [9.17, 15) is 9.59 Å². The molecule has 1 aliphatic rings. The molecule has 2 N–H and O–H groups in total. The zero-order chi connectivity index (χ0) is 18.1. The highest BCUT2D eigenvalue weighted by Crippen LogP contribution is 2.40. The first-order valence-corrected chi connectivity index (χ1v) is 9.38. The summed E-state index contributed by atoms with van der Waals surface area (Å²) >= 11 is 2.41. The zero-order valence-electron chi connectivity index (χ0n) is 14.1. The Morgan fingerprint density at radius 3 is 2.56 bits per heavy atom. The molecule has 0 atom stereocenters. The van der Waals surface area contributed by atoms with E-state index >= 15 is 0 Å². The van der Waals surface area contributed by atoms with Crippen molar-refractivity contribution in [1.82, 2.24) is 14.8 Å². The Bertz CT molecular complexity index is 826. The molecule has 8 nitrogen and oxygen atoms in total. The van der Waals surface area contributed by atoms with E-state index in [-0.39, 0.29) is 10.6 Å². The molecule has 0 unspecified atom stereocenters. The van der Waals surface area contributed by atoms with Crippen LogP contribution in [0.4, 0.5) is 5.00 Å². The van der Waals surface area contributed by atoms with Gasteiger partial charge in [0, 0.05) is 24.3 Å².